The van der Waals surface area contributed by atoms with Gasteiger partial charge >= 0.3 is 0 Å². The minimum atomic E-state index is 0.674. The van der Waals surface area contributed by atoms with E-state index < -0.39 is 0 Å². The molecule has 0 aliphatic rings. The lowest BCUT2D eigenvalue weighted by atomic mass is 10.2. The van der Waals surface area contributed by atoms with Crippen molar-refractivity contribution in [3.8, 4) is 6.07 Å². The highest BCUT2D eigenvalue weighted by Crippen LogP contribution is 2.18. The monoisotopic (exact) mass is 238 g/mol. The number of benzene rings is 1. The second-order valence-electron chi connectivity index (χ2n) is 2.77. The van der Waals surface area contributed by atoms with Gasteiger partial charge in [0, 0.05) is 16.7 Å². The van der Waals surface area contributed by atoms with Crippen LogP contribution in [0.4, 0.5) is 5.69 Å². The summed E-state index contributed by atoms with van der Waals surface area (Å²) in [6.07, 6.45) is 1.08. The van der Waals surface area contributed by atoms with Crippen LogP contribution in [0.2, 0.25) is 0 Å². The number of hydrogen-bond acceptors (Lipinski definition) is 2. The van der Waals surface area contributed by atoms with Crippen LogP contribution in [0, 0.1) is 11.3 Å². The summed E-state index contributed by atoms with van der Waals surface area (Å²) in [4.78, 5) is 0. The van der Waals surface area contributed by atoms with Crippen molar-refractivity contribution in [2.75, 3.05) is 11.9 Å². The quantitative estimate of drug-likeness (QED) is 0.879. The largest absolute Gasteiger partial charge is 0.385 e. The molecule has 3 heteroatoms. The van der Waals surface area contributed by atoms with Crippen LogP contribution >= 0.6 is 15.9 Å². The molecule has 0 aliphatic carbocycles. The van der Waals surface area contributed by atoms with Crippen LogP contribution in [0.25, 0.3) is 0 Å². The smallest absolute Gasteiger partial charge is 0.0992 e. The zero-order chi connectivity index (χ0) is 9.68. The molecular weight excluding hydrogens is 228 g/mol. The molecule has 1 rings (SSSR count). The summed E-state index contributed by atoms with van der Waals surface area (Å²) < 4.78 is 0.935. The Morgan fingerprint density at radius 1 is 1.46 bits per heavy atom. The van der Waals surface area contributed by atoms with Gasteiger partial charge in [0.25, 0.3) is 0 Å². The lowest BCUT2D eigenvalue weighted by Gasteiger charge is -2.05. The summed E-state index contributed by atoms with van der Waals surface area (Å²) in [6, 6.07) is 7.73. The minimum absolute atomic E-state index is 0.674. The molecule has 0 amide bonds. The Morgan fingerprint density at radius 2 is 2.23 bits per heavy atom. The van der Waals surface area contributed by atoms with E-state index in [1.807, 2.05) is 12.1 Å². The molecule has 2 nitrogen and oxygen atoms in total. The minimum Gasteiger partial charge on any atom is -0.385 e. The van der Waals surface area contributed by atoms with Crippen molar-refractivity contribution in [1.82, 2.24) is 0 Å². The van der Waals surface area contributed by atoms with Crippen LogP contribution in [0.15, 0.2) is 22.7 Å². The molecule has 0 spiro atoms. The van der Waals surface area contributed by atoms with Crippen LogP contribution < -0.4 is 5.32 Å². The van der Waals surface area contributed by atoms with E-state index in [4.69, 9.17) is 5.26 Å². The molecule has 0 atom stereocenters. The fraction of sp³-hybridized carbons (Fsp3) is 0.300. The van der Waals surface area contributed by atoms with Gasteiger partial charge in [0.2, 0.25) is 0 Å². The number of nitrogens with zero attached hydrogens (tertiary/aromatic N) is 1. The van der Waals surface area contributed by atoms with E-state index in [0.29, 0.717) is 5.56 Å². The van der Waals surface area contributed by atoms with Gasteiger partial charge in [0.1, 0.15) is 0 Å². The van der Waals surface area contributed by atoms with Gasteiger partial charge in [0.05, 0.1) is 11.6 Å². The lowest BCUT2D eigenvalue weighted by Crippen LogP contribution is -1.99. The molecule has 13 heavy (non-hydrogen) atoms. The summed E-state index contributed by atoms with van der Waals surface area (Å²) in [5, 5.41) is 11.9. The third-order valence-corrected chi connectivity index (χ3v) is 2.06. The number of hydrogen-bond donors (Lipinski definition) is 1. The number of rotatable bonds is 3. The van der Waals surface area contributed by atoms with Crippen LogP contribution in [-0.2, 0) is 0 Å². The molecule has 1 aromatic rings. The SMILES string of the molecule is CCCNc1cc(Br)cc(C#N)c1. The summed E-state index contributed by atoms with van der Waals surface area (Å²) in [5.41, 5.74) is 1.67. The maximum Gasteiger partial charge on any atom is 0.0992 e. The molecule has 1 aromatic carbocycles. The average molecular weight is 239 g/mol. The maximum absolute atomic E-state index is 8.71. The van der Waals surface area contributed by atoms with Gasteiger partial charge in [-0.1, -0.05) is 22.9 Å². The van der Waals surface area contributed by atoms with Gasteiger partial charge in [-0.2, -0.15) is 5.26 Å². The highest BCUT2D eigenvalue weighted by molar-refractivity contribution is 9.10. The predicted octanol–water partition coefficient (Wildman–Crippen LogP) is 3.14. The van der Waals surface area contributed by atoms with Gasteiger partial charge < -0.3 is 5.32 Å². The highest BCUT2D eigenvalue weighted by atomic mass is 79.9. The van der Waals surface area contributed by atoms with Crippen LogP contribution in [0.3, 0.4) is 0 Å². The average Bonchev–Trinajstić information content (AvgIpc) is 2.14. The first-order valence-electron chi connectivity index (χ1n) is 4.21. The van der Waals surface area contributed by atoms with Crippen LogP contribution in [0.1, 0.15) is 18.9 Å². The Balaban J connectivity index is 2.83. The Labute approximate surface area is 86.7 Å². The number of nitrogens with one attached hydrogen (secondary N) is 1. The van der Waals surface area contributed by atoms with E-state index >= 15 is 0 Å². The van der Waals surface area contributed by atoms with E-state index in [0.717, 1.165) is 23.1 Å². The molecule has 0 fully saturated rings. The predicted molar refractivity (Wildman–Crippen MR) is 57.6 cm³/mol. The van der Waals surface area contributed by atoms with Gasteiger partial charge in [-0.25, -0.2) is 0 Å². The van der Waals surface area contributed by atoms with Gasteiger partial charge in [-0.3, -0.25) is 0 Å². The van der Waals surface area contributed by atoms with Crippen molar-refractivity contribution in [2.24, 2.45) is 0 Å². The molecule has 0 unspecified atom stereocenters. The van der Waals surface area contributed by atoms with Crippen molar-refractivity contribution in [2.45, 2.75) is 13.3 Å². The summed E-state index contributed by atoms with van der Waals surface area (Å²) in [5.74, 6) is 0. The molecule has 0 heterocycles. The lowest BCUT2D eigenvalue weighted by molar-refractivity contribution is 0.979. The fourth-order valence-corrected chi connectivity index (χ4v) is 1.52. The first-order chi connectivity index (χ1) is 6.26. The molecule has 68 valence electrons. The standard InChI is InChI=1S/C10H11BrN2/c1-2-3-13-10-5-8(7-12)4-9(11)6-10/h4-6,13H,2-3H2,1H3. The maximum atomic E-state index is 8.71. The number of anilines is 1. The van der Waals surface area contributed by atoms with Gasteiger partial charge in [0.15, 0.2) is 0 Å². The molecule has 0 bridgehead atoms. The topological polar surface area (TPSA) is 35.8 Å². The highest BCUT2D eigenvalue weighted by Gasteiger charge is 1.97. The Bertz CT molecular complexity index is 328. The van der Waals surface area contributed by atoms with E-state index in [1.165, 1.54) is 0 Å². The van der Waals surface area contributed by atoms with Crippen LogP contribution in [-0.4, -0.2) is 6.54 Å². The fourth-order valence-electron chi connectivity index (χ4n) is 1.03. The van der Waals surface area contributed by atoms with E-state index in [1.54, 1.807) is 6.07 Å². The first kappa shape index (κ1) is 10.1. The number of halogens is 1. The molecule has 0 radical (unpaired) electrons. The Morgan fingerprint density at radius 3 is 2.85 bits per heavy atom. The number of nitriles is 1. The van der Waals surface area contributed by atoms with Crippen molar-refractivity contribution in [1.29, 1.82) is 5.26 Å². The third-order valence-electron chi connectivity index (χ3n) is 1.61. The summed E-state index contributed by atoms with van der Waals surface area (Å²) in [7, 11) is 0. The second-order valence-corrected chi connectivity index (χ2v) is 3.68. The first-order valence-corrected chi connectivity index (χ1v) is 5.00. The molecule has 1 N–H and O–H groups in total. The molecular formula is C10H11BrN2. The van der Waals surface area contributed by atoms with E-state index in [2.05, 4.69) is 34.2 Å². The van der Waals surface area contributed by atoms with Crippen molar-refractivity contribution in [3.05, 3.63) is 28.2 Å². The molecule has 0 aromatic heterocycles. The third kappa shape index (κ3) is 3.08. The second kappa shape index (κ2) is 4.88. The van der Waals surface area contributed by atoms with E-state index in [-0.39, 0.29) is 0 Å². The normalized spacial score (nSPS) is 9.31. The van der Waals surface area contributed by atoms with Crippen molar-refractivity contribution < 1.29 is 0 Å². The van der Waals surface area contributed by atoms with Gasteiger partial charge in [-0.05, 0) is 24.6 Å². The molecule has 0 saturated carbocycles. The Kier molecular flexibility index (Phi) is 3.78. The summed E-state index contributed by atoms with van der Waals surface area (Å²) >= 11 is 3.35. The zero-order valence-electron chi connectivity index (χ0n) is 7.47. The van der Waals surface area contributed by atoms with E-state index in [9.17, 15) is 0 Å². The molecule has 0 aliphatic heterocycles. The van der Waals surface area contributed by atoms with Gasteiger partial charge in [-0.15, -0.1) is 0 Å². The molecule has 0 saturated heterocycles. The van der Waals surface area contributed by atoms with Crippen molar-refractivity contribution >= 4 is 21.6 Å². The summed E-state index contributed by atoms with van der Waals surface area (Å²) in [6.45, 7) is 3.04. The zero-order valence-corrected chi connectivity index (χ0v) is 9.06. The van der Waals surface area contributed by atoms with Crippen molar-refractivity contribution in [3.63, 3.8) is 0 Å². The Hall–Kier alpha value is -1.01. The van der Waals surface area contributed by atoms with Crippen LogP contribution in [0.5, 0.6) is 0 Å².